The number of halogens is 2. The molecule has 27 heavy (non-hydrogen) atoms. The molecular weight excluding hydrogens is 403 g/mol. The van der Waals surface area contributed by atoms with Gasteiger partial charge in [-0.3, -0.25) is 4.79 Å². The summed E-state index contributed by atoms with van der Waals surface area (Å²) in [6.45, 7) is 6.23. The van der Waals surface area contributed by atoms with Gasteiger partial charge >= 0.3 is 0 Å². The fourth-order valence-electron chi connectivity index (χ4n) is 3.23. The number of fused-ring (bicyclic) bond motifs is 1. The summed E-state index contributed by atoms with van der Waals surface area (Å²) < 4.78 is 0.716. The highest BCUT2D eigenvalue weighted by atomic mass is 35.5. The molecule has 1 saturated heterocycles. The number of amides is 1. The van der Waals surface area contributed by atoms with Crippen molar-refractivity contribution in [2.75, 3.05) is 31.1 Å². The van der Waals surface area contributed by atoms with Gasteiger partial charge in [0.1, 0.15) is 12.1 Å². The zero-order chi connectivity index (χ0) is 19.0. The van der Waals surface area contributed by atoms with Crippen molar-refractivity contribution in [2.24, 2.45) is 0 Å². The van der Waals surface area contributed by atoms with Crippen LogP contribution in [0.15, 0.2) is 43.2 Å². The second kappa shape index (κ2) is 7.46. The summed E-state index contributed by atoms with van der Waals surface area (Å²) in [5.74, 6) is 0.817. The van der Waals surface area contributed by atoms with Crippen LogP contribution in [0.3, 0.4) is 0 Å². The van der Waals surface area contributed by atoms with E-state index < -0.39 is 0 Å². The third-order valence-corrected chi connectivity index (χ3v) is 6.18. The normalized spacial score (nSPS) is 14.6. The molecule has 8 heteroatoms. The van der Waals surface area contributed by atoms with Crippen molar-refractivity contribution in [1.29, 1.82) is 0 Å². The number of piperazine rings is 1. The molecule has 3 aromatic rings. The molecule has 1 aliphatic rings. The average Bonchev–Trinajstić information content (AvgIpc) is 3.12. The number of rotatable bonds is 3. The van der Waals surface area contributed by atoms with Crippen molar-refractivity contribution in [1.82, 2.24) is 14.9 Å². The first-order valence-electron chi connectivity index (χ1n) is 8.43. The van der Waals surface area contributed by atoms with Crippen LogP contribution < -0.4 is 4.90 Å². The maximum Gasteiger partial charge on any atom is 0.246 e. The van der Waals surface area contributed by atoms with Crippen molar-refractivity contribution in [3.05, 3.63) is 52.6 Å². The molecule has 0 N–H and O–H groups in total. The molecule has 138 valence electrons. The van der Waals surface area contributed by atoms with E-state index in [0.29, 0.717) is 35.5 Å². The predicted octanol–water partition coefficient (Wildman–Crippen LogP) is 4.50. The molecule has 0 aliphatic carbocycles. The topological polar surface area (TPSA) is 49.3 Å². The van der Waals surface area contributed by atoms with E-state index in [1.54, 1.807) is 11.2 Å². The highest BCUT2D eigenvalue weighted by Gasteiger charge is 2.22. The van der Waals surface area contributed by atoms with Gasteiger partial charge in [-0.05, 0) is 30.3 Å². The molecule has 1 amide bonds. The quantitative estimate of drug-likeness (QED) is 0.587. The minimum Gasteiger partial charge on any atom is -0.352 e. The number of aromatic nitrogens is 2. The van der Waals surface area contributed by atoms with Crippen LogP contribution in [-0.4, -0.2) is 47.0 Å². The van der Waals surface area contributed by atoms with E-state index >= 15 is 0 Å². The lowest BCUT2D eigenvalue weighted by molar-refractivity contribution is -0.126. The van der Waals surface area contributed by atoms with E-state index in [1.807, 2.05) is 24.3 Å². The zero-order valence-corrected chi connectivity index (χ0v) is 16.7. The highest BCUT2D eigenvalue weighted by Crippen LogP contribution is 2.39. The Morgan fingerprint density at radius 3 is 2.59 bits per heavy atom. The lowest BCUT2D eigenvalue weighted by atomic mass is 10.1. The van der Waals surface area contributed by atoms with Gasteiger partial charge in [-0.1, -0.05) is 29.8 Å². The van der Waals surface area contributed by atoms with Crippen LogP contribution in [0.1, 0.15) is 0 Å². The monoisotopic (exact) mass is 418 g/mol. The van der Waals surface area contributed by atoms with Crippen molar-refractivity contribution < 1.29 is 4.79 Å². The van der Waals surface area contributed by atoms with E-state index in [-0.39, 0.29) is 5.91 Å². The summed E-state index contributed by atoms with van der Waals surface area (Å²) in [5.41, 5.74) is 1.71. The van der Waals surface area contributed by atoms with Crippen molar-refractivity contribution in [2.45, 2.75) is 0 Å². The Morgan fingerprint density at radius 1 is 1.15 bits per heavy atom. The predicted molar refractivity (Wildman–Crippen MR) is 112 cm³/mol. The van der Waals surface area contributed by atoms with Gasteiger partial charge in [0.25, 0.3) is 0 Å². The van der Waals surface area contributed by atoms with Gasteiger partial charge in [0.05, 0.1) is 14.9 Å². The number of hydrogen-bond donors (Lipinski definition) is 0. The van der Waals surface area contributed by atoms with E-state index in [0.717, 1.165) is 27.2 Å². The maximum atomic E-state index is 11.8. The van der Waals surface area contributed by atoms with E-state index in [1.165, 1.54) is 17.4 Å². The molecule has 0 saturated carbocycles. The summed E-state index contributed by atoms with van der Waals surface area (Å²) in [6.07, 6.45) is 2.91. The van der Waals surface area contributed by atoms with Gasteiger partial charge in [0.2, 0.25) is 5.91 Å². The number of nitrogens with zero attached hydrogens (tertiary/aromatic N) is 4. The van der Waals surface area contributed by atoms with E-state index in [9.17, 15) is 4.79 Å². The first kappa shape index (κ1) is 18.2. The molecule has 0 unspecified atom stereocenters. The van der Waals surface area contributed by atoms with Gasteiger partial charge < -0.3 is 9.80 Å². The van der Waals surface area contributed by atoms with Crippen LogP contribution >= 0.6 is 34.5 Å². The second-order valence-corrected chi connectivity index (χ2v) is 8.29. The molecule has 5 nitrogen and oxygen atoms in total. The number of benzene rings is 1. The van der Waals surface area contributed by atoms with Crippen LogP contribution in [0.2, 0.25) is 9.36 Å². The van der Waals surface area contributed by atoms with Crippen LogP contribution in [0.4, 0.5) is 5.82 Å². The number of carbonyl (C=O) groups excluding carboxylic acids is 1. The number of carbonyl (C=O) groups is 1. The Morgan fingerprint density at radius 2 is 1.93 bits per heavy atom. The smallest absolute Gasteiger partial charge is 0.246 e. The minimum absolute atomic E-state index is 0.0363. The molecule has 1 fully saturated rings. The zero-order valence-electron chi connectivity index (χ0n) is 14.4. The number of hydrogen-bond acceptors (Lipinski definition) is 5. The molecular formula is C19H16Cl2N4OS. The van der Waals surface area contributed by atoms with E-state index in [2.05, 4.69) is 21.4 Å². The Hall–Kier alpha value is -2.15. The highest BCUT2D eigenvalue weighted by molar-refractivity contribution is 7.19. The third-order valence-electron chi connectivity index (χ3n) is 4.61. The van der Waals surface area contributed by atoms with Crippen LogP contribution in [0.5, 0.6) is 0 Å². The van der Waals surface area contributed by atoms with Gasteiger partial charge in [-0.2, -0.15) is 0 Å². The summed E-state index contributed by atoms with van der Waals surface area (Å²) in [5, 5.41) is 1.57. The third kappa shape index (κ3) is 3.52. The molecule has 1 aliphatic heterocycles. The fourth-order valence-corrected chi connectivity index (χ4v) is 4.62. The molecule has 4 rings (SSSR count). The second-order valence-electron chi connectivity index (χ2n) is 6.17. The van der Waals surface area contributed by atoms with Gasteiger partial charge in [-0.25, -0.2) is 9.97 Å². The molecule has 3 heterocycles. The number of thiophene rings is 1. The Balaban J connectivity index is 1.71. The van der Waals surface area contributed by atoms with Crippen molar-refractivity contribution >= 4 is 57.2 Å². The largest absolute Gasteiger partial charge is 0.352 e. The first-order chi connectivity index (χ1) is 13.1. The Bertz CT molecular complexity index is 1030. The first-order valence-corrected chi connectivity index (χ1v) is 10.0. The summed E-state index contributed by atoms with van der Waals surface area (Å²) >= 11 is 14.1. The average molecular weight is 419 g/mol. The molecule has 1 aromatic carbocycles. The lowest BCUT2D eigenvalue weighted by Crippen LogP contribution is -2.48. The van der Waals surface area contributed by atoms with Gasteiger partial charge in [0, 0.05) is 42.0 Å². The standard InChI is InChI=1S/C19H16Cl2N4OS/c1-2-18(26)24-5-7-25(8-6-24)19-13-9-12(16-3-4-17(21)27-16)14(20)10-15(13)22-11-23-19/h2-4,9-11H,1,5-8H2. The molecule has 0 bridgehead atoms. The van der Waals surface area contributed by atoms with Crippen molar-refractivity contribution in [3.63, 3.8) is 0 Å². The minimum atomic E-state index is -0.0363. The van der Waals surface area contributed by atoms with Gasteiger partial charge in [0.15, 0.2) is 0 Å². The summed E-state index contributed by atoms with van der Waals surface area (Å²) in [7, 11) is 0. The molecule has 2 aromatic heterocycles. The Labute approximate surface area is 170 Å². The molecule has 0 spiro atoms. The molecule has 0 atom stereocenters. The number of anilines is 1. The van der Waals surface area contributed by atoms with Crippen molar-refractivity contribution in [3.8, 4) is 10.4 Å². The van der Waals surface area contributed by atoms with Crippen LogP contribution in [0, 0.1) is 0 Å². The Kier molecular flexibility index (Phi) is 5.04. The van der Waals surface area contributed by atoms with Crippen LogP contribution in [-0.2, 0) is 4.79 Å². The molecule has 0 radical (unpaired) electrons. The lowest BCUT2D eigenvalue weighted by Gasteiger charge is -2.35. The van der Waals surface area contributed by atoms with Crippen LogP contribution in [0.25, 0.3) is 21.3 Å². The maximum absolute atomic E-state index is 11.8. The summed E-state index contributed by atoms with van der Waals surface area (Å²) in [6, 6.07) is 7.71. The SMILES string of the molecule is C=CC(=O)N1CCN(c2ncnc3cc(Cl)c(-c4ccc(Cl)s4)cc23)CC1. The van der Waals surface area contributed by atoms with Gasteiger partial charge in [-0.15, -0.1) is 11.3 Å². The van der Waals surface area contributed by atoms with E-state index in [4.69, 9.17) is 23.2 Å². The fraction of sp³-hybridized carbons (Fsp3) is 0.211. The summed E-state index contributed by atoms with van der Waals surface area (Å²) in [4.78, 5) is 25.7.